The highest BCUT2D eigenvalue weighted by molar-refractivity contribution is 7.85. The molecule has 1 heterocycles. The fourth-order valence-electron chi connectivity index (χ4n) is 3.27. The first-order valence-corrected chi connectivity index (χ1v) is 10.5. The summed E-state index contributed by atoms with van der Waals surface area (Å²) in [6, 6.07) is 0. The number of hydrogen-bond donors (Lipinski definition) is 1. The van der Waals surface area contributed by atoms with Crippen LogP contribution in [0, 0.1) is 0 Å². The molecule has 4 nitrogen and oxygen atoms in total. The topological polar surface area (TPSA) is 54.4 Å². The Morgan fingerprint density at radius 1 is 0.857 bits per heavy atom. The largest absolute Gasteiger partial charge is 0.324 e. The van der Waals surface area contributed by atoms with Gasteiger partial charge in [-0.25, -0.2) is 0 Å². The van der Waals surface area contributed by atoms with Crippen LogP contribution in [-0.2, 0) is 10.1 Å². The van der Waals surface area contributed by atoms with Gasteiger partial charge in [0.05, 0.1) is 32.4 Å². The number of quaternary nitrogens is 1. The molecule has 21 heavy (non-hydrogen) atoms. The lowest BCUT2D eigenvalue weighted by Gasteiger charge is -2.34. The van der Waals surface area contributed by atoms with Gasteiger partial charge in [0.25, 0.3) is 10.1 Å². The molecule has 0 radical (unpaired) electrons. The Hall–Kier alpha value is -0.130. The summed E-state index contributed by atoms with van der Waals surface area (Å²) in [6.07, 6.45) is 13.7. The summed E-state index contributed by atoms with van der Waals surface area (Å²) in [5.41, 5.74) is 0. The van der Waals surface area contributed by atoms with Crippen molar-refractivity contribution in [2.75, 3.05) is 32.4 Å². The standard InChI is InChI=1S/C15H32N.CH4O3S/c1-3-5-6-7-8-9-13-16(12-4-2)14-10-11-15-16;1-5(2,3)4/h3-15H2,1-2H3;1H3,(H,2,3,4)/q+1;. The van der Waals surface area contributed by atoms with Crippen LogP contribution < -0.4 is 0 Å². The average molecular weight is 323 g/mol. The van der Waals surface area contributed by atoms with Crippen LogP contribution in [0.25, 0.3) is 0 Å². The number of nitrogens with zero attached hydrogens (tertiary/aromatic N) is 1. The highest BCUT2D eigenvalue weighted by Crippen LogP contribution is 2.21. The molecular formula is C16H36NO3S+. The molecule has 0 aromatic heterocycles. The minimum Gasteiger partial charge on any atom is -0.324 e. The van der Waals surface area contributed by atoms with Gasteiger partial charge in [-0.2, -0.15) is 8.42 Å². The van der Waals surface area contributed by atoms with Crippen molar-refractivity contribution in [3.63, 3.8) is 0 Å². The van der Waals surface area contributed by atoms with Gasteiger partial charge in [-0.05, 0) is 19.3 Å². The number of unbranched alkanes of at least 4 members (excludes halogenated alkanes) is 5. The lowest BCUT2D eigenvalue weighted by atomic mass is 10.1. The quantitative estimate of drug-likeness (QED) is 0.398. The molecule has 0 aliphatic carbocycles. The number of likely N-dealkylation sites (tertiary alicyclic amines) is 1. The maximum Gasteiger partial charge on any atom is 0.261 e. The smallest absolute Gasteiger partial charge is 0.261 e. The van der Waals surface area contributed by atoms with E-state index in [0.717, 1.165) is 0 Å². The lowest BCUT2D eigenvalue weighted by Crippen LogP contribution is -2.46. The molecule has 1 aliphatic heterocycles. The maximum atomic E-state index is 9.19. The first-order valence-electron chi connectivity index (χ1n) is 8.60. The molecule has 5 heteroatoms. The highest BCUT2D eigenvalue weighted by Gasteiger charge is 2.29. The van der Waals surface area contributed by atoms with Gasteiger partial charge in [-0.1, -0.05) is 39.5 Å². The molecule has 0 aromatic carbocycles. The van der Waals surface area contributed by atoms with Crippen LogP contribution >= 0.6 is 0 Å². The third kappa shape index (κ3) is 13.3. The SMILES string of the molecule is CCCCCCCC[N+]1(CCC)CCCC1.CS(=O)(=O)O. The minimum atomic E-state index is -3.67. The van der Waals surface area contributed by atoms with Crippen molar-refractivity contribution in [1.29, 1.82) is 0 Å². The highest BCUT2D eigenvalue weighted by atomic mass is 32.2. The van der Waals surface area contributed by atoms with Gasteiger partial charge in [0.1, 0.15) is 0 Å². The second-order valence-electron chi connectivity index (χ2n) is 6.44. The molecule has 0 unspecified atom stereocenters. The van der Waals surface area contributed by atoms with Crippen LogP contribution in [-0.4, -0.2) is 49.9 Å². The van der Waals surface area contributed by atoms with Crippen molar-refractivity contribution in [3.8, 4) is 0 Å². The zero-order valence-corrected chi connectivity index (χ0v) is 15.1. The van der Waals surface area contributed by atoms with Crippen molar-refractivity contribution < 1.29 is 17.5 Å². The normalized spacial score (nSPS) is 17.3. The summed E-state index contributed by atoms with van der Waals surface area (Å²) in [6.45, 7) is 10.5. The lowest BCUT2D eigenvalue weighted by molar-refractivity contribution is -0.917. The molecule has 128 valence electrons. The Morgan fingerprint density at radius 3 is 1.81 bits per heavy atom. The molecule has 0 bridgehead atoms. The first-order chi connectivity index (χ1) is 9.83. The van der Waals surface area contributed by atoms with Crippen LogP contribution in [0.1, 0.15) is 71.6 Å². The van der Waals surface area contributed by atoms with Gasteiger partial charge in [-0.3, -0.25) is 4.55 Å². The molecule has 0 aromatic rings. The van der Waals surface area contributed by atoms with E-state index in [4.69, 9.17) is 4.55 Å². The average Bonchev–Trinajstić information content (AvgIpc) is 2.81. The van der Waals surface area contributed by atoms with Crippen LogP contribution in [0.5, 0.6) is 0 Å². The van der Waals surface area contributed by atoms with Gasteiger partial charge < -0.3 is 4.48 Å². The summed E-state index contributed by atoms with van der Waals surface area (Å²) >= 11 is 0. The molecule has 1 N–H and O–H groups in total. The molecular weight excluding hydrogens is 286 g/mol. The second-order valence-corrected chi connectivity index (χ2v) is 7.91. The van der Waals surface area contributed by atoms with Crippen molar-refractivity contribution >= 4 is 10.1 Å². The van der Waals surface area contributed by atoms with E-state index in [1.807, 2.05) is 0 Å². The molecule has 1 aliphatic rings. The van der Waals surface area contributed by atoms with E-state index < -0.39 is 10.1 Å². The van der Waals surface area contributed by atoms with Gasteiger partial charge in [0.2, 0.25) is 0 Å². The van der Waals surface area contributed by atoms with E-state index in [0.29, 0.717) is 6.26 Å². The monoisotopic (exact) mass is 322 g/mol. The van der Waals surface area contributed by atoms with Crippen molar-refractivity contribution in [1.82, 2.24) is 0 Å². The molecule has 1 saturated heterocycles. The number of hydrogen-bond acceptors (Lipinski definition) is 2. The Morgan fingerprint density at radius 2 is 1.33 bits per heavy atom. The third-order valence-electron chi connectivity index (χ3n) is 4.20. The molecule has 0 amide bonds. The van der Waals surface area contributed by atoms with Crippen molar-refractivity contribution in [2.45, 2.75) is 71.6 Å². The van der Waals surface area contributed by atoms with Crippen LogP contribution in [0.2, 0.25) is 0 Å². The second kappa shape index (κ2) is 11.4. The predicted molar refractivity (Wildman–Crippen MR) is 90.1 cm³/mol. The minimum absolute atomic E-state index is 0.715. The van der Waals surface area contributed by atoms with Gasteiger partial charge in [0, 0.05) is 12.8 Å². The van der Waals surface area contributed by atoms with Crippen LogP contribution in [0.4, 0.5) is 0 Å². The summed E-state index contributed by atoms with van der Waals surface area (Å²) in [7, 11) is -3.67. The summed E-state index contributed by atoms with van der Waals surface area (Å²) in [5.74, 6) is 0. The zero-order chi connectivity index (χ0) is 16.2. The Labute approximate surface area is 132 Å². The van der Waals surface area contributed by atoms with E-state index in [1.165, 1.54) is 88.4 Å². The summed E-state index contributed by atoms with van der Waals surface area (Å²) in [5, 5.41) is 0. The molecule has 1 fully saturated rings. The number of rotatable bonds is 9. The molecule has 0 saturated carbocycles. The van der Waals surface area contributed by atoms with Crippen molar-refractivity contribution in [2.24, 2.45) is 0 Å². The Bertz CT molecular complexity index is 327. The first kappa shape index (κ1) is 20.9. The van der Waals surface area contributed by atoms with Gasteiger partial charge >= 0.3 is 0 Å². The predicted octanol–water partition coefficient (Wildman–Crippen LogP) is 3.87. The summed E-state index contributed by atoms with van der Waals surface area (Å²) < 4.78 is 27.3. The van der Waals surface area contributed by atoms with Gasteiger partial charge in [-0.15, -0.1) is 0 Å². The Kier molecular flexibility index (Phi) is 11.4. The zero-order valence-electron chi connectivity index (χ0n) is 14.3. The maximum absolute atomic E-state index is 9.19. The van der Waals surface area contributed by atoms with Crippen LogP contribution in [0.3, 0.4) is 0 Å². The molecule has 0 atom stereocenters. The third-order valence-corrected chi connectivity index (χ3v) is 4.20. The van der Waals surface area contributed by atoms with E-state index in [9.17, 15) is 8.42 Å². The van der Waals surface area contributed by atoms with E-state index in [1.54, 1.807) is 0 Å². The fraction of sp³-hybridized carbons (Fsp3) is 1.00. The van der Waals surface area contributed by atoms with Crippen molar-refractivity contribution in [3.05, 3.63) is 0 Å². The van der Waals surface area contributed by atoms with E-state index in [-0.39, 0.29) is 0 Å². The summed E-state index contributed by atoms with van der Waals surface area (Å²) in [4.78, 5) is 0. The molecule has 1 rings (SSSR count). The fourth-order valence-corrected chi connectivity index (χ4v) is 3.27. The molecule has 0 spiro atoms. The Balaban J connectivity index is 0.000000690. The van der Waals surface area contributed by atoms with Crippen LogP contribution in [0.15, 0.2) is 0 Å². The van der Waals surface area contributed by atoms with E-state index in [2.05, 4.69) is 13.8 Å². The van der Waals surface area contributed by atoms with Gasteiger partial charge in [0.15, 0.2) is 0 Å². The van der Waals surface area contributed by atoms with E-state index >= 15 is 0 Å².